The molecule has 0 aliphatic heterocycles. The fourth-order valence-electron chi connectivity index (χ4n) is 1.59. The van der Waals surface area contributed by atoms with Crippen molar-refractivity contribution in [1.82, 2.24) is 5.32 Å². The summed E-state index contributed by atoms with van der Waals surface area (Å²) in [6, 6.07) is 9.60. The number of nitrogens with one attached hydrogen (secondary N) is 1. The maximum atomic E-state index is 9.96. The van der Waals surface area contributed by atoms with Gasteiger partial charge in [0.2, 0.25) is 0 Å². The zero-order chi connectivity index (χ0) is 12.7. The Labute approximate surface area is 107 Å². The van der Waals surface area contributed by atoms with Crippen LogP contribution in [0.2, 0.25) is 0 Å². The van der Waals surface area contributed by atoms with Gasteiger partial charge in [-0.25, -0.2) is 0 Å². The molecule has 1 rings (SSSR count). The molecule has 0 fully saturated rings. The first-order chi connectivity index (χ1) is 8.07. The standard InChI is InChI=1S/C13H18N2OS/c1-13(16,10-17-2)9-15-8-12-5-3-4-11(6-12)7-14/h3-6,15-16H,8-10H2,1-2H3. The average Bonchev–Trinajstić information content (AvgIpc) is 2.29. The maximum absolute atomic E-state index is 9.96. The Kier molecular flexibility index (Phi) is 5.49. The Hall–Kier alpha value is -1.02. The van der Waals surface area contributed by atoms with Crippen LogP contribution in [0.25, 0.3) is 0 Å². The van der Waals surface area contributed by atoms with Gasteiger partial charge in [0.25, 0.3) is 0 Å². The van der Waals surface area contributed by atoms with E-state index in [-0.39, 0.29) is 0 Å². The van der Waals surface area contributed by atoms with E-state index in [0.717, 1.165) is 5.56 Å². The summed E-state index contributed by atoms with van der Waals surface area (Å²) in [5.74, 6) is 0.707. The first-order valence-corrected chi connectivity index (χ1v) is 6.88. The van der Waals surface area contributed by atoms with Gasteiger partial charge < -0.3 is 10.4 Å². The van der Waals surface area contributed by atoms with Gasteiger partial charge in [0, 0.05) is 18.8 Å². The maximum Gasteiger partial charge on any atom is 0.0991 e. The van der Waals surface area contributed by atoms with E-state index in [9.17, 15) is 5.11 Å². The van der Waals surface area contributed by atoms with Gasteiger partial charge in [-0.1, -0.05) is 12.1 Å². The van der Waals surface area contributed by atoms with E-state index in [1.54, 1.807) is 17.8 Å². The second-order valence-corrected chi connectivity index (χ2v) is 5.21. The lowest BCUT2D eigenvalue weighted by atomic mass is 10.1. The van der Waals surface area contributed by atoms with E-state index in [0.29, 0.717) is 24.4 Å². The van der Waals surface area contributed by atoms with Crippen molar-refractivity contribution in [1.29, 1.82) is 5.26 Å². The minimum atomic E-state index is -0.688. The Bertz CT molecular complexity index is 399. The Morgan fingerprint density at radius 1 is 1.53 bits per heavy atom. The molecule has 4 heteroatoms. The predicted octanol–water partition coefficient (Wildman–Crippen LogP) is 1.76. The number of benzene rings is 1. The molecule has 0 aliphatic rings. The first-order valence-electron chi connectivity index (χ1n) is 5.48. The zero-order valence-corrected chi connectivity index (χ0v) is 11.0. The third-order valence-electron chi connectivity index (χ3n) is 2.35. The fraction of sp³-hybridized carbons (Fsp3) is 0.462. The second-order valence-electron chi connectivity index (χ2n) is 4.35. The zero-order valence-electron chi connectivity index (χ0n) is 10.2. The van der Waals surface area contributed by atoms with Gasteiger partial charge in [-0.3, -0.25) is 0 Å². The van der Waals surface area contributed by atoms with Crippen LogP contribution >= 0.6 is 11.8 Å². The van der Waals surface area contributed by atoms with E-state index in [1.165, 1.54) is 0 Å². The summed E-state index contributed by atoms with van der Waals surface area (Å²) >= 11 is 1.63. The van der Waals surface area contributed by atoms with Crippen LogP contribution in [-0.4, -0.2) is 29.3 Å². The average molecular weight is 250 g/mol. The molecule has 2 N–H and O–H groups in total. The molecule has 0 aliphatic carbocycles. The molecule has 1 atom stereocenters. The lowest BCUT2D eigenvalue weighted by Crippen LogP contribution is -2.39. The second kappa shape index (κ2) is 6.65. The largest absolute Gasteiger partial charge is 0.388 e. The van der Waals surface area contributed by atoms with Gasteiger partial charge in [-0.2, -0.15) is 17.0 Å². The van der Waals surface area contributed by atoms with E-state index >= 15 is 0 Å². The highest BCUT2D eigenvalue weighted by atomic mass is 32.2. The molecule has 0 heterocycles. The van der Waals surface area contributed by atoms with E-state index in [4.69, 9.17) is 5.26 Å². The van der Waals surface area contributed by atoms with Crippen molar-refractivity contribution < 1.29 is 5.11 Å². The molecular formula is C13H18N2OS. The number of aliphatic hydroxyl groups is 1. The molecule has 0 saturated carbocycles. The number of thioether (sulfide) groups is 1. The summed E-state index contributed by atoms with van der Waals surface area (Å²) in [4.78, 5) is 0. The summed E-state index contributed by atoms with van der Waals surface area (Å²) in [5, 5.41) is 21.9. The lowest BCUT2D eigenvalue weighted by molar-refractivity contribution is 0.0846. The minimum absolute atomic E-state index is 0.546. The SMILES string of the molecule is CSCC(C)(O)CNCc1cccc(C#N)c1. The van der Waals surface area contributed by atoms with Gasteiger partial charge in [-0.05, 0) is 30.9 Å². The Morgan fingerprint density at radius 3 is 2.94 bits per heavy atom. The van der Waals surface area contributed by atoms with E-state index in [2.05, 4.69) is 11.4 Å². The van der Waals surface area contributed by atoms with E-state index < -0.39 is 5.60 Å². The number of rotatable bonds is 6. The predicted molar refractivity (Wildman–Crippen MR) is 71.9 cm³/mol. The van der Waals surface area contributed by atoms with Gasteiger partial charge in [0.15, 0.2) is 0 Å². The van der Waals surface area contributed by atoms with Gasteiger partial charge >= 0.3 is 0 Å². The van der Waals surface area contributed by atoms with Gasteiger partial charge in [0.1, 0.15) is 0 Å². The summed E-state index contributed by atoms with van der Waals surface area (Å²) < 4.78 is 0. The minimum Gasteiger partial charge on any atom is -0.388 e. The van der Waals surface area contributed by atoms with Crippen LogP contribution in [0.15, 0.2) is 24.3 Å². The van der Waals surface area contributed by atoms with Gasteiger partial charge in [0.05, 0.1) is 17.2 Å². The highest BCUT2D eigenvalue weighted by Gasteiger charge is 2.18. The Morgan fingerprint density at radius 2 is 2.29 bits per heavy atom. The molecule has 1 aromatic carbocycles. The summed E-state index contributed by atoms with van der Waals surface area (Å²) in [7, 11) is 0. The molecule has 17 heavy (non-hydrogen) atoms. The third-order valence-corrected chi connectivity index (χ3v) is 3.26. The van der Waals surface area contributed by atoms with Crippen LogP contribution in [0.3, 0.4) is 0 Å². The van der Waals surface area contributed by atoms with Crippen molar-refractivity contribution in [3.05, 3.63) is 35.4 Å². The van der Waals surface area contributed by atoms with Crippen LogP contribution in [-0.2, 0) is 6.54 Å². The molecule has 0 aromatic heterocycles. The van der Waals surface area contributed by atoms with Crippen molar-refractivity contribution in [3.63, 3.8) is 0 Å². The van der Waals surface area contributed by atoms with Crippen LogP contribution in [0.1, 0.15) is 18.1 Å². The van der Waals surface area contributed by atoms with Gasteiger partial charge in [-0.15, -0.1) is 0 Å². The summed E-state index contributed by atoms with van der Waals surface area (Å²) in [5.41, 5.74) is 1.04. The van der Waals surface area contributed by atoms with Crippen LogP contribution < -0.4 is 5.32 Å². The summed E-state index contributed by atoms with van der Waals surface area (Å²) in [6.07, 6.45) is 1.98. The van der Waals surface area contributed by atoms with Crippen LogP contribution in [0, 0.1) is 11.3 Å². The van der Waals surface area contributed by atoms with Crippen LogP contribution in [0.4, 0.5) is 0 Å². The normalized spacial score (nSPS) is 14.0. The molecule has 0 spiro atoms. The van der Waals surface area contributed by atoms with E-state index in [1.807, 2.05) is 31.4 Å². The molecule has 0 amide bonds. The first kappa shape index (κ1) is 14.0. The fourth-order valence-corrected chi connectivity index (χ4v) is 2.31. The number of hydrogen-bond donors (Lipinski definition) is 2. The lowest BCUT2D eigenvalue weighted by Gasteiger charge is -2.22. The molecule has 3 nitrogen and oxygen atoms in total. The van der Waals surface area contributed by atoms with Crippen molar-refractivity contribution in [3.8, 4) is 6.07 Å². The van der Waals surface area contributed by atoms with Crippen molar-refractivity contribution in [2.75, 3.05) is 18.6 Å². The molecule has 0 saturated heterocycles. The highest BCUT2D eigenvalue weighted by Crippen LogP contribution is 2.10. The van der Waals surface area contributed by atoms with Crippen molar-refractivity contribution in [2.24, 2.45) is 0 Å². The number of hydrogen-bond acceptors (Lipinski definition) is 4. The highest BCUT2D eigenvalue weighted by molar-refractivity contribution is 7.98. The molecule has 1 aromatic rings. The topological polar surface area (TPSA) is 56.0 Å². The van der Waals surface area contributed by atoms with Crippen molar-refractivity contribution in [2.45, 2.75) is 19.1 Å². The third kappa shape index (κ3) is 5.22. The van der Waals surface area contributed by atoms with Crippen molar-refractivity contribution >= 4 is 11.8 Å². The quantitative estimate of drug-likeness (QED) is 0.808. The number of nitrogens with zero attached hydrogens (tertiary/aromatic N) is 1. The summed E-state index contributed by atoms with van der Waals surface area (Å²) in [6.45, 7) is 3.03. The molecule has 92 valence electrons. The van der Waals surface area contributed by atoms with Crippen LogP contribution in [0.5, 0.6) is 0 Å². The molecule has 1 unspecified atom stereocenters. The molecular weight excluding hydrogens is 232 g/mol. The molecule has 0 radical (unpaired) electrons. The Balaban J connectivity index is 2.43. The molecule has 0 bridgehead atoms. The smallest absolute Gasteiger partial charge is 0.0991 e. The number of nitriles is 1. The monoisotopic (exact) mass is 250 g/mol.